The second kappa shape index (κ2) is 15.8. The highest BCUT2D eigenvalue weighted by Gasteiger charge is 2.39. The van der Waals surface area contributed by atoms with Gasteiger partial charge in [-0.05, 0) is 45.4 Å². The Labute approximate surface area is 279 Å². The third-order valence-electron chi connectivity index (χ3n) is 6.53. The molecule has 266 valence electrons. The average molecular weight is 721 g/mol. The largest absolute Gasteiger partial charge is 0.493 e. The molecule has 0 amide bonds. The number of carboxylic acids is 2. The van der Waals surface area contributed by atoms with Crippen LogP contribution < -0.4 is 10.5 Å². The van der Waals surface area contributed by atoms with E-state index in [4.69, 9.17) is 52.4 Å². The third-order valence-corrected chi connectivity index (χ3v) is 6.92. The number of amidine groups is 1. The smallest absolute Gasteiger partial charge is 0.490 e. The van der Waals surface area contributed by atoms with Crippen molar-refractivity contribution in [2.45, 2.75) is 46.1 Å². The number of rotatable bonds is 6. The number of benzene rings is 1. The molecule has 4 aromatic rings. The van der Waals surface area contributed by atoms with Crippen molar-refractivity contribution in [3.05, 3.63) is 58.3 Å². The lowest BCUT2D eigenvalue weighted by atomic mass is 9.94. The topological polar surface area (TPSA) is 193 Å². The number of carboxylic acid groups (broad SMARTS) is 2. The molecule has 0 saturated carbocycles. The Kier molecular flexibility index (Phi) is 12.9. The van der Waals surface area contributed by atoms with Crippen molar-refractivity contribution in [1.29, 1.82) is 5.41 Å². The number of nitrogens with zero attached hydrogens (tertiary/aromatic N) is 6. The standard InChI is InChI=1S/C25H29ClN8O.2C2HF3O2/c1-7-35-22-17(15(4)34-25-21(14(3)32-34)23(27)30-12-31-25)10-18(26)13(2)20(22)16-8-9-19(29-11-16)24(28)33(5)6;2*3-2(4,5)1(6)7/h8-12,15,28H,7H2,1-6H3,(H2,27,30,31);2*(H,6,7). The maximum atomic E-state index is 10.6. The highest BCUT2D eigenvalue weighted by molar-refractivity contribution is 6.32. The van der Waals surface area contributed by atoms with Crippen LogP contribution in [0, 0.1) is 19.3 Å². The van der Waals surface area contributed by atoms with E-state index in [1.165, 1.54) is 6.33 Å². The van der Waals surface area contributed by atoms with E-state index in [-0.39, 0.29) is 6.04 Å². The van der Waals surface area contributed by atoms with Gasteiger partial charge >= 0.3 is 24.3 Å². The summed E-state index contributed by atoms with van der Waals surface area (Å²) < 4.78 is 71.5. The molecule has 1 aromatic carbocycles. The number of alkyl halides is 6. The molecule has 0 spiro atoms. The fraction of sp³-hybridized carbons (Fsp3) is 0.345. The monoisotopic (exact) mass is 720 g/mol. The number of aromatic nitrogens is 5. The van der Waals surface area contributed by atoms with E-state index in [0.29, 0.717) is 40.4 Å². The maximum absolute atomic E-state index is 10.6. The molecule has 0 fully saturated rings. The minimum atomic E-state index is -5.08. The van der Waals surface area contributed by atoms with Gasteiger partial charge in [-0.3, -0.25) is 10.4 Å². The quantitative estimate of drug-likeness (QED) is 0.105. The van der Waals surface area contributed by atoms with Gasteiger partial charge in [-0.25, -0.2) is 24.2 Å². The molecule has 5 N–H and O–H groups in total. The highest BCUT2D eigenvalue weighted by Crippen LogP contribution is 2.43. The van der Waals surface area contributed by atoms with Gasteiger partial charge in [0.2, 0.25) is 0 Å². The molecular formula is C29H31ClF6N8O5. The molecule has 0 aliphatic rings. The zero-order valence-corrected chi connectivity index (χ0v) is 27.5. The third kappa shape index (κ3) is 9.68. The number of nitrogens with one attached hydrogen (secondary N) is 1. The number of nitrogens with two attached hydrogens (primary N) is 1. The molecule has 0 saturated heterocycles. The van der Waals surface area contributed by atoms with E-state index in [1.807, 2.05) is 64.7 Å². The van der Waals surface area contributed by atoms with Crippen LogP contribution in [0.2, 0.25) is 5.02 Å². The Bertz CT molecular complexity index is 1810. The molecule has 20 heteroatoms. The Morgan fingerprint density at radius 2 is 1.61 bits per heavy atom. The van der Waals surface area contributed by atoms with Crippen LogP contribution in [-0.2, 0) is 9.59 Å². The van der Waals surface area contributed by atoms with Crippen molar-refractivity contribution in [2.24, 2.45) is 0 Å². The van der Waals surface area contributed by atoms with Crippen LogP contribution in [0.15, 0.2) is 30.7 Å². The fourth-order valence-electron chi connectivity index (χ4n) is 4.18. The number of hydrogen-bond donors (Lipinski definition) is 4. The zero-order valence-electron chi connectivity index (χ0n) is 26.7. The van der Waals surface area contributed by atoms with Crippen LogP contribution in [0.25, 0.3) is 22.2 Å². The van der Waals surface area contributed by atoms with Crippen molar-refractivity contribution < 1.29 is 50.9 Å². The number of pyridine rings is 1. The molecule has 0 aliphatic heterocycles. The minimum absolute atomic E-state index is 0.256. The van der Waals surface area contributed by atoms with Crippen LogP contribution in [-0.4, -0.2) is 90.7 Å². The molecule has 3 heterocycles. The predicted molar refractivity (Wildman–Crippen MR) is 167 cm³/mol. The molecule has 4 rings (SSSR count). The lowest BCUT2D eigenvalue weighted by Crippen LogP contribution is -2.22. The number of carbonyl (C=O) groups is 2. The maximum Gasteiger partial charge on any atom is 0.490 e. The van der Waals surface area contributed by atoms with Crippen LogP contribution in [0.1, 0.15) is 42.4 Å². The predicted octanol–water partition coefficient (Wildman–Crippen LogP) is 5.90. The van der Waals surface area contributed by atoms with Crippen LogP contribution in [0.3, 0.4) is 0 Å². The van der Waals surface area contributed by atoms with E-state index in [2.05, 4.69) is 15.0 Å². The highest BCUT2D eigenvalue weighted by atomic mass is 35.5. The molecule has 0 aliphatic carbocycles. The van der Waals surface area contributed by atoms with Gasteiger partial charge in [-0.15, -0.1) is 0 Å². The number of hydrogen-bond acceptors (Lipinski definition) is 9. The second-order valence-electron chi connectivity index (χ2n) is 10.2. The first-order valence-corrected chi connectivity index (χ1v) is 14.2. The zero-order chi connectivity index (χ0) is 37.6. The number of aryl methyl sites for hydroxylation is 1. The van der Waals surface area contributed by atoms with E-state index < -0.39 is 24.3 Å². The molecular weight excluding hydrogens is 690 g/mol. The lowest BCUT2D eigenvalue weighted by Gasteiger charge is -2.23. The number of nitrogen functional groups attached to an aromatic ring is 1. The summed E-state index contributed by atoms with van der Waals surface area (Å²) in [7, 11) is 3.64. The van der Waals surface area contributed by atoms with Crippen LogP contribution in [0.5, 0.6) is 5.75 Å². The van der Waals surface area contributed by atoms with E-state index in [1.54, 1.807) is 11.1 Å². The minimum Gasteiger partial charge on any atom is -0.493 e. The summed E-state index contributed by atoms with van der Waals surface area (Å²) in [5.74, 6) is -4.07. The second-order valence-corrected chi connectivity index (χ2v) is 10.6. The summed E-state index contributed by atoms with van der Waals surface area (Å²) in [4.78, 5) is 32.6. The molecule has 49 heavy (non-hydrogen) atoms. The molecule has 13 nitrogen and oxygen atoms in total. The molecule has 0 radical (unpaired) electrons. The van der Waals surface area contributed by atoms with Crippen molar-refractivity contribution in [2.75, 3.05) is 26.4 Å². The van der Waals surface area contributed by atoms with Crippen molar-refractivity contribution in [3.63, 3.8) is 0 Å². The van der Waals surface area contributed by atoms with Crippen LogP contribution in [0.4, 0.5) is 32.2 Å². The first kappa shape index (κ1) is 40.0. The number of aliphatic carboxylic acids is 2. The average Bonchev–Trinajstić information content (AvgIpc) is 3.35. The Balaban J connectivity index is 0.000000500. The number of halogens is 7. The molecule has 0 bridgehead atoms. The van der Waals surface area contributed by atoms with Crippen molar-refractivity contribution >= 4 is 46.2 Å². The fourth-order valence-corrected chi connectivity index (χ4v) is 4.40. The van der Waals surface area contributed by atoms with Gasteiger partial charge in [0.25, 0.3) is 0 Å². The van der Waals surface area contributed by atoms with Gasteiger partial charge in [-0.1, -0.05) is 17.7 Å². The summed E-state index contributed by atoms with van der Waals surface area (Å²) in [6.45, 7) is 8.30. The van der Waals surface area contributed by atoms with Crippen molar-refractivity contribution in [3.8, 4) is 16.9 Å². The normalized spacial score (nSPS) is 11.9. The summed E-state index contributed by atoms with van der Waals surface area (Å²) in [6, 6.07) is 5.44. The Morgan fingerprint density at radius 3 is 2.06 bits per heavy atom. The van der Waals surface area contributed by atoms with Gasteiger partial charge in [0.15, 0.2) is 5.65 Å². The van der Waals surface area contributed by atoms with E-state index in [0.717, 1.165) is 33.3 Å². The van der Waals surface area contributed by atoms with Gasteiger partial charge in [-0.2, -0.15) is 31.4 Å². The van der Waals surface area contributed by atoms with E-state index >= 15 is 0 Å². The molecule has 1 atom stereocenters. The summed E-state index contributed by atoms with van der Waals surface area (Å²) in [5.41, 5.74) is 11.6. The molecule has 3 aromatic heterocycles. The SMILES string of the molecule is CCOc1c(C(C)n2nc(C)c3c(N)ncnc32)cc(Cl)c(C)c1-c1ccc(C(=N)N(C)C)nc1.O=C(O)C(F)(F)F.O=C(O)C(F)(F)F. The number of fused-ring (bicyclic) bond motifs is 1. The van der Waals surface area contributed by atoms with E-state index in [9.17, 15) is 26.3 Å². The van der Waals surface area contributed by atoms with Crippen molar-refractivity contribution in [1.82, 2.24) is 29.6 Å². The molecule has 1 unspecified atom stereocenters. The van der Waals surface area contributed by atoms with Gasteiger partial charge in [0, 0.05) is 42.0 Å². The first-order valence-electron chi connectivity index (χ1n) is 13.8. The van der Waals surface area contributed by atoms with Crippen LogP contribution >= 0.6 is 11.6 Å². The first-order chi connectivity index (χ1) is 22.5. The summed E-state index contributed by atoms with van der Waals surface area (Å²) in [6.07, 6.45) is -6.97. The Hall–Kier alpha value is -5.20. The van der Waals surface area contributed by atoms with Gasteiger partial charge in [0.1, 0.15) is 29.4 Å². The van der Waals surface area contributed by atoms with Gasteiger partial charge in [0.05, 0.1) is 23.7 Å². The Morgan fingerprint density at radius 1 is 1.06 bits per heavy atom. The summed E-state index contributed by atoms with van der Waals surface area (Å²) in [5, 5.41) is 28.5. The number of ether oxygens (including phenoxy) is 1. The van der Waals surface area contributed by atoms with Gasteiger partial charge < -0.3 is 25.6 Å². The number of anilines is 1. The lowest BCUT2D eigenvalue weighted by molar-refractivity contribution is -0.193. The summed E-state index contributed by atoms with van der Waals surface area (Å²) >= 11 is 6.75.